The van der Waals surface area contributed by atoms with Crippen LogP contribution in [0.1, 0.15) is 77.0 Å². The molecule has 0 aromatic carbocycles. The Bertz CT molecular complexity index is 619. The molecule has 1 aliphatic rings. The molecule has 0 bridgehead atoms. The van der Waals surface area contributed by atoms with E-state index in [9.17, 15) is 29.4 Å². The van der Waals surface area contributed by atoms with Gasteiger partial charge in [0.1, 0.15) is 0 Å². The Morgan fingerprint density at radius 2 is 1.39 bits per heavy atom. The molecule has 0 aromatic heterocycles. The van der Waals surface area contributed by atoms with Crippen molar-refractivity contribution in [2.24, 2.45) is 0 Å². The Labute approximate surface area is 241 Å². The topological polar surface area (TPSA) is 142 Å². The number of amides is 3. The molecule has 11 heteroatoms. The van der Waals surface area contributed by atoms with Crippen molar-refractivity contribution in [3.05, 3.63) is 12.2 Å². The molecule has 0 aromatic rings. The third-order valence-corrected chi connectivity index (χ3v) is 5.20. The van der Waals surface area contributed by atoms with Crippen LogP contribution < -0.4 is 80.0 Å². The molecule has 1 aliphatic heterocycles. The van der Waals surface area contributed by atoms with Crippen molar-refractivity contribution in [1.82, 2.24) is 15.5 Å². The fourth-order valence-electron chi connectivity index (χ4n) is 3.46. The minimum Gasteiger partial charge on any atom is -0.550 e. The monoisotopic (exact) mass is 483 g/mol. The number of aliphatic carboxylic acids is 2. The number of carbonyl (C=O) groups excluding carboxylic acids is 4. The van der Waals surface area contributed by atoms with E-state index in [0.29, 0.717) is 32.4 Å². The van der Waals surface area contributed by atoms with Crippen LogP contribution in [0.2, 0.25) is 0 Å². The van der Waals surface area contributed by atoms with Crippen molar-refractivity contribution in [1.29, 1.82) is 0 Å². The number of hydrogen-bond donors (Lipinski definition) is 2. The Morgan fingerprint density at radius 1 is 0.848 bits per heavy atom. The van der Waals surface area contributed by atoms with Crippen molar-refractivity contribution in [2.45, 2.75) is 83.1 Å². The van der Waals surface area contributed by atoms with Crippen LogP contribution in [0, 0.1) is 0 Å². The maximum Gasteiger partial charge on any atom is 1.00 e. The first-order chi connectivity index (χ1) is 14.9. The summed E-state index contributed by atoms with van der Waals surface area (Å²) in [6.07, 6.45) is 11.9. The van der Waals surface area contributed by atoms with Crippen LogP contribution in [-0.4, -0.2) is 54.5 Å². The Balaban J connectivity index is 0. The van der Waals surface area contributed by atoms with Crippen molar-refractivity contribution in [3.63, 3.8) is 0 Å². The Hall–Kier alpha value is -0.580. The van der Waals surface area contributed by atoms with E-state index in [0.717, 1.165) is 49.8 Å². The van der Waals surface area contributed by atoms with E-state index in [2.05, 4.69) is 22.8 Å². The fraction of sp³-hybridized carbons (Fsp3) is 0.727. The summed E-state index contributed by atoms with van der Waals surface area (Å²) in [6, 6.07) is -1.82. The number of nitrogens with zero attached hydrogens (tertiary/aromatic N) is 1. The van der Waals surface area contributed by atoms with Gasteiger partial charge in [-0.05, 0) is 51.4 Å². The number of carboxylic acid groups (broad SMARTS) is 2. The summed E-state index contributed by atoms with van der Waals surface area (Å²) in [5, 5.41) is 28.0. The van der Waals surface area contributed by atoms with Gasteiger partial charge >= 0.3 is 65.1 Å². The zero-order valence-corrected chi connectivity index (χ0v) is 24.2. The number of allylic oxidation sites excluding steroid dienone is 2. The molecule has 0 saturated heterocycles. The number of urea groups is 1. The van der Waals surface area contributed by atoms with Crippen molar-refractivity contribution < 1.29 is 88.5 Å². The molecule has 2 N–H and O–H groups in total. The van der Waals surface area contributed by atoms with Gasteiger partial charge in [-0.15, -0.1) is 0 Å². The van der Waals surface area contributed by atoms with E-state index in [4.69, 9.17) is 0 Å². The molecule has 0 aliphatic carbocycles. The van der Waals surface area contributed by atoms with Gasteiger partial charge in [-0.3, -0.25) is 4.79 Å². The zero-order valence-electron chi connectivity index (χ0n) is 20.2. The van der Waals surface area contributed by atoms with E-state index in [1.54, 1.807) is 0 Å². The van der Waals surface area contributed by atoms with Crippen LogP contribution in [0.25, 0.3) is 0 Å². The maximum atomic E-state index is 12.6. The van der Waals surface area contributed by atoms with Crippen LogP contribution in [0.3, 0.4) is 0 Å². The van der Waals surface area contributed by atoms with E-state index < -0.39 is 30.3 Å². The standard InChI is InChI=1S/C22H37N3O6.2Na/c26-19-13-9-7-5-3-1-2-4-6-8-10-14-23-22(31)24-15-11-12-16-25(19)18(21(29)30)17-20(27)28;;/h2,4,18H,1,3,5-17H2,(H,27,28)(H,29,30)(H2,23,24,31);;/q;2*+1/p-2/b4-2-;;. The predicted octanol–water partition coefficient (Wildman–Crippen LogP) is -5.76. The second-order valence-electron chi connectivity index (χ2n) is 7.81. The summed E-state index contributed by atoms with van der Waals surface area (Å²) in [4.78, 5) is 47.9. The third kappa shape index (κ3) is 17.5. The van der Waals surface area contributed by atoms with Gasteiger partial charge in [0, 0.05) is 38.4 Å². The van der Waals surface area contributed by atoms with Crippen molar-refractivity contribution in [2.75, 3.05) is 19.6 Å². The van der Waals surface area contributed by atoms with Gasteiger partial charge in [0.25, 0.3) is 0 Å². The van der Waals surface area contributed by atoms with Crippen LogP contribution in [0.5, 0.6) is 0 Å². The molecular formula is C22H35N3Na2O6. The van der Waals surface area contributed by atoms with Gasteiger partial charge < -0.3 is 35.3 Å². The Morgan fingerprint density at radius 3 is 1.97 bits per heavy atom. The average Bonchev–Trinajstić information content (AvgIpc) is 2.71. The zero-order chi connectivity index (χ0) is 22.9. The molecule has 1 rings (SSSR count). The summed E-state index contributed by atoms with van der Waals surface area (Å²) in [6.45, 7) is 1.05. The largest absolute Gasteiger partial charge is 1.00 e. The molecule has 0 spiro atoms. The molecule has 9 nitrogen and oxygen atoms in total. The average molecular weight is 484 g/mol. The summed E-state index contributed by atoms with van der Waals surface area (Å²) in [5.74, 6) is -3.55. The van der Waals surface area contributed by atoms with Crippen molar-refractivity contribution >= 4 is 23.9 Å². The molecule has 1 atom stereocenters. The van der Waals surface area contributed by atoms with E-state index in [1.807, 2.05) is 0 Å². The number of carboxylic acids is 2. The van der Waals surface area contributed by atoms with Crippen LogP contribution in [-0.2, 0) is 14.4 Å². The molecule has 1 unspecified atom stereocenters. The summed E-state index contributed by atoms with van der Waals surface area (Å²) < 4.78 is 0. The minimum atomic E-state index is -1.60. The molecule has 0 radical (unpaired) electrons. The predicted molar refractivity (Wildman–Crippen MR) is 111 cm³/mol. The second-order valence-corrected chi connectivity index (χ2v) is 7.81. The van der Waals surface area contributed by atoms with E-state index in [-0.39, 0.29) is 78.1 Å². The van der Waals surface area contributed by atoms with E-state index >= 15 is 0 Å². The van der Waals surface area contributed by atoms with Gasteiger partial charge in [0.2, 0.25) is 5.91 Å². The van der Waals surface area contributed by atoms with Gasteiger partial charge in [-0.2, -0.15) is 0 Å². The van der Waals surface area contributed by atoms with Crippen LogP contribution in [0.4, 0.5) is 4.79 Å². The number of rotatable bonds is 4. The number of carbonyl (C=O) groups is 4. The normalized spacial score (nSPS) is 19.8. The summed E-state index contributed by atoms with van der Waals surface area (Å²) in [5.41, 5.74) is 0. The SMILES string of the molecule is O=C([O-])CC(C(=O)[O-])N1CCCCNC(=O)NCCCC/C=C\CCCCCCC1=O.[Na+].[Na+]. The number of hydrogen-bond acceptors (Lipinski definition) is 6. The quantitative estimate of drug-likeness (QED) is 0.302. The van der Waals surface area contributed by atoms with Gasteiger partial charge in [0.05, 0.1) is 12.0 Å². The molecular weight excluding hydrogens is 448 g/mol. The van der Waals surface area contributed by atoms with E-state index in [1.165, 1.54) is 0 Å². The minimum absolute atomic E-state index is 0. The molecule has 1 heterocycles. The molecule has 176 valence electrons. The maximum absolute atomic E-state index is 12.6. The van der Waals surface area contributed by atoms with Crippen LogP contribution in [0.15, 0.2) is 12.2 Å². The first-order valence-corrected chi connectivity index (χ1v) is 11.3. The second kappa shape index (κ2) is 21.9. The molecule has 0 saturated carbocycles. The molecule has 3 amide bonds. The van der Waals surface area contributed by atoms with Crippen LogP contribution >= 0.6 is 0 Å². The van der Waals surface area contributed by atoms with Gasteiger partial charge in [0.15, 0.2) is 0 Å². The first kappa shape index (κ1) is 34.6. The Kier molecular flexibility index (Phi) is 23.0. The smallest absolute Gasteiger partial charge is 0.550 e. The third-order valence-electron chi connectivity index (χ3n) is 5.20. The summed E-state index contributed by atoms with van der Waals surface area (Å²) >= 11 is 0. The summed E-state index contributed by atoms with van der Waals surface area (Å²) in [7, 11) is 0. The molecule has 33 heavy (non-hydrogen) atoms. The van der Waals surface area contributed by atoms with Gasteiger partial charge in [-0.1, -0.05) is 25.0 Å². The fourth-order valence-corrected chi connectivity index (χ4v) is 3.46. The molecule has 0 fully saturated rings. The van der Waals surface area contributed by atoms with Crippen molar-refractivity contribution in [3.8, 4) is 0 Å². The van der Waals surface area contributed by atoms with Gasteiger partial charge in [-0.25, -0.2) is 4.79 Å². The number of nitrogens with one attached hydrogen (secondary N) is 2. The first-order valence-electron chi connectivity index (χ1n) is 11.3.